The van der Waals surface area contributed by atoms with Crippen molar-refractivity contribution in [1.29, 1.82) is 0 Å². The van der Waals surface area contributed by atoms with Gasteiger partial charge in [0.15, 0.2) is 0 Å². The molecule has 0 saturated heterocycles. The summed E-state index contributed by atoms with van der Waals surface area (Å²) in [6.45, 7) is 3.51. The highest BCUT2D eigenvalue weighted by Crippen LogP contribution is 2.28. The number of carboxylic acids is 1. The number of carboxylic acid groups (broad SMARTS) is 1. The average molecular weight is 277 g/mol. The summed E-state index contributed by atoms with van der Waals surface area (Å²) in [5.74, 6) is -1.15. The summed E-state index contributed by atoms with van der Waals surface area (Å²) in [6.07, 6.45) is -3.73. The maximum Gasteiger partial charge on any atom is 0.433 e. The van der Waals surface area contributed by atoms with Crippen LogP contribution >= 0.6 is 0 Å². The van der Waals surface area contributed by atoms with Gasteiger partial charge in [-0.05, 0) is 19.9 Å². The van der Waals surface area contributed by atoms with E-state index < -0.39 is 17.8 Å². The van der Waals surface area contributed by atoms with Crippen molar-refractivity contribution in [3.05, 3.63) is 18.0 Å². The zero-order valence-electron chi connectivity index (χ0n) is 10.5. The number of anilines is 1. The number of hydrogen-bond acceptors (Lipinski definition) is 4. The van der Waals surface area contributed by atoms with Crippen LogP contribution < -0.4 is 4.90 Å². The van der Waals surface area contributed by atoms with E-state index in [1.807, 2.05) is 0 Å². The third-order valence-corrected chi connectivity index (χ3v) is 2.38. The van der Waals surface area contributed by atoms with Gasteiger partial charge in [0, 0.05) is 18.8 Å². The van der Waals surface area contributed by atoms with Gasteiger partial charge in [0.05, 0.1) is 6.42 Å². The molecule has 1 aromatic heterocycles. The maximum absolute atomic E-state index is 12.5. The third-order valence-electron chi connectivity index (χ3n) is 2.38. The molecule has 1 N–H and O–H groups in total. The summed E-state index contributed by atoms with van der Waals surface area (Å²) in [7, 11) is 0. The smallest absolute Gasteiger partial charge is 0.433 e. The molecule has 1 aromatic rings. The number of aromatic nitrogens is 2. The summed E-state index contributed by atoms with van der Waals surface area (Å²) < 4.78 is 37.6. The topological polar surface area (TPSA) is 66.3 Å². The molecule has 106 valence electrons. The van der Waals surface area contributed by atoms with Crippen LogP contribution in [-0.4, -0.2) is 33.6 Å². The minimum atomic E-state index is -4.55. The molecule has 0 amide bonds. The molecule has 1 heterocycles. The zero-order chi connectivity index (χ0) is 14.6. The second-order valence-electron chi connectivity index (χ2n) is 4.17. The Balaban J connectivity index is 2.99. The first-order valence-corrected chi connectivity index (χ1v) is 5.60. The first-order valence-electron chi connectivity index (χ1n) is 5.60. The van der Waals surface area contributed by atoms with Crippen molar-refractivity contribution in [3.8, 4) is 0 Å². The summed E-state index contributed by atoms with van der Waals surface area (Å²) in [5, 5.41) is 8.63. The number of alkyl halides is 3. The number of hydrogen-bond donors (Lipinski definition) is 1. The zero-order valence-corrected chi connectivity index (χ0v) is 10.5. The molecule has 0 unspecified atom stereocenters. The van der Waals surface area contributed by atoms with Gasteiger partial charge in [0.2, 0.25) is 5.95 Å². The SMILES string of the molecule is CC(C)N(CCC(=O)O)c1nccc(C(F)(F)F)n1. The van der Waals surface area contributed by atoms with E-state index in [1.165, 1.54) is 4.90 Å². The summed E-state index contributed by atoms with van der Waals surface area (Å²) in [6, 6.07) is 0.571. The minimum Gasteiger partial charge on any atom is -0.481 e. The lowest BCUT2D eigenvalue weighted by molar-refractivity contribution is -0.141. The Labute approximate surface area is 108 Å². The Morgan fingerprint density at radius 3 is 2.58 bits per heavy atom. The van der Waals surface area contributed by atoms with E-state index in [9.17, 15) is 18.0 Å². The number of rotatable bonds is 5. The highest BCUT2D eigenvalue weighted by molar-refractivity contribution is 5.67. The molecular weight excluding hydrogens is 263 g/mol. The summed E-state index contributed by atoms with van der Waals surface area (Å²) in [4.78, 5) is 19.2. The third kappa shape index (κ3) is 4.38. The van der Waals surface area contributed by atoms with Gasteiger partial charge in [-0.25, -0.2) is 9.97 Å². The molecule has 19 heavy (non-hydrogen) atoms. The van der Waals surface area contributed by atoms with Gasteiger partial charge < -0.3 is 10.0 Å². The van der Waals surface area contributed by atoms with E-state index in [1.54, 1.807) is 13.8 Å². The molecule has 8 heteroatoms. The quantitative estimate of drug-likeness (QED) is 0.893. The summed E-state index contributed by atoms with van der Waals surface area (Å²) >= 11 is 0. The van der Waals surface area contributed by atoms with E-state index in [0.717, 1.165) is 12.3 Å². The molecule has 5 nitrogen and oxygen atoms in total. The molecule has 0 spiro atoms. The van der Waals surface area contributed by atoms with Crippen LogP contribution in [0.4, 0.5) is 19.1 Å². The molecule has 0 fully saturated rings. The molecule has 0 aliphatic carbocycles. The predicted octanol–water partition coefficient (Wildman–Crippen LogP) is 2.18. The fourth-order valence-corrected chi connectivity index (χ4v) is 1.45. The van der Waals surface area contributed by atoms with Gasteiger partial charge in [0.1, 0.15) is 5.69 Å². The van der Waals surface area contributed by atoms with Gasteiger partial charge in [0.25, 0.3) is 0 Å². The lowest BCUT2D eigenvalue weighted by Crippen LogP contribution is -2.34. The van der Waals surface area contributed by atoms with Crippen LogP contribution in [0.15, 0.2) is 12.3 Å². The second kappa shape index (κ2) is 5.85. The Hall–Kier alpha value is -1.86. The van der Waals surface area contributed by atoms with Crippen LogP contribution in [0.5, 0.6) is 0 Å². The number of carbonyl (C=O) groups is 1. The van der Waals surface area contributed by atoms with Crippen molar-refractivity contribution < 1.29 is 23.1 Å². The van der Waals surface area contributed by atoms with Gasteiger partial charge in [-0.3, -0.25) is 4.79 Å². The maximum atomic E-state index is 12.5. The minimum absolute atomic E-state index is 0.0499. The fraction of sp³-hybridized carbons (Fsp3) is 0.545. The molecular formula is C11H14F3N3O2. The fourth-order valence-electron chi connectivity index (χ4n) is 1.45. The van der Waals surface area contributed by atoms with Crippen LogP contribution in [0.2, 0.25) is 0 Å². The van der Waals surface area contributed by atoms with Gasteiger partial charge in [-0.2, -0.15) is 13.2 Å². The highest BCUT2D eigenvalue weighted by Gasteiger charge is 2.33. The van der Waals surface area contributed by atoms with E-state index in [0.29, 0.717) is 0 Å². The van der Waals surface area contributed by atoms with E-state index in [4.69, 9.17) is 5.11 Å². The normalized spacial score (nSPS) is 11.7. The van der Waals surface area contributed by atoms with Crippen LogP contribution in [0.3, 0.4) is 0 Å². The van der Waals surface area contributed by atoms with E-state index in [-0.39, 0.29) is 25.0 Å². The van der Waals surface area contributed by atoms with Crippen molar-refractivity contribution in [3.63, 3.8) is 0 Å². The Kier molecular flexibility index (Phi) is 4.68. The van der Waals surface area contributed by atoms with Gasteiger partial charge in [-0.15, -0.1) is 0 Å². The molecule has 0 saturated carbocycles. The van der Waals surface area contributed by atoms with Gasteiger partial charge >= 0.3 is 12.1 Å². The number of halogens is 3. The van der Waals surface area contributed by atoms with E-state index >= 15 is 0 Å². The van der Waals surface area contributed by atoms with Crippen molar-refractivity contribution in [2.45, 2.75) is 32.5 Å². The lowest BCUT2D eigenvalue weighted by atomic mass is 10.3. The first-order chi connectivity index (χ1) is 8.71. The molecule has 0 bridgehead atoms. The number of aliphatic carboxylic acids is 1. The van der Waals surface area contributed by atoms with Gasteiger partial charge in [-0.1, -0.05) is 0 Å². The van der Waals surface area contributed by atoms with Crippen molar-refractivity contribution in [1.82, 2.24) is 9.97 Å². The standard InChI is InChI=1S/C11H14F3N3O2/c1-7(2)17(6-4-9(18)19)10-15-5-3-8(16-10)11(12,13)14/h3,5,7H,4,6H2,1-2H3,(H,18,19). The first kappa shape index (κ1) is 15.2. The highest BCUT2D eigenvalue weighted by atomic mass is 19.4. The van der Waals surface area contributed by atoms with Crippen molar-refractivity contribution >= 4 is 11.9 Å². The van der Waals surface area contributed by atoms with Crippen LogP contribution in [-0.2, 0) is 11.0 Å². The van der Waals surface area contributed by atoms with Crippen LogP contribution in [0, 0.1) is 0 Å². The molecule has 0 aliphatic heterocycles. The van der Waals surface area contributed by atoms with Crippen LogP contribution in [0.25, 0.3) is 0 Å². The molecule has 0 radical (unpaired) electrons. The van der Waals surface area contributed by atoms with E-state index in [2.05, 4.69) is 9.97 Å². The van der Waals surface area contributed by atoms with Crippen molar-refractivity contribution in [2.75, 3.05) is 11.4 Å². The molecule has 0 atom stereocenters. The van der Waals surface area contributed by atoms with Crippen LogP contribution in [0.1, 0.15) is 26.0 Å². The molecule has 1 rings (SSSR count). The largest absolute Gasteiger partial charge is 0.481 e. The summed E-state index contributed by atoms with van der Waals surface area (Å²) in [5.41, 5.74) is -1.04. The Bertz CT molecular complexity index is 449. The monoisotopic (exact) mass is 277 g/mol. The van der Waals surface area contributed by atoms with Crippen molar-refractivity contribution in [2.24, 2.45) is 0 Å². The second-order valence-corrected chi connectivity index (χ2v) is 4.17. The number of nitrogens with zero attached hydrogens (tertiary/aromatic N) is 3. The lowest BCUT2D eigenvalue weighted by Gasteiger charge is -2.26. The average Bonchev–Trinajstić information content (AvgIpc) is 2.27. The molecule has 0 aliphatic rings. The Morgan fingerprint density at radius 1 is 1.47 bits per heavy atom. The predicted molar refractivity (Wildman–Crippen MR) is 61.8 cm³/mol. The Morgan fingerprint density at radius 2 is 2.11 bits per heavy atom. The molecule has 0 aromatic carbocycles.